The molecule has 0 fully saturated rings. The van der Waals surface area contributed by atoms with Crippen LogP contribution in [-0.2, 0) is 0 Å². The minimum Gasteiger partial charge on any atom is -0.456 e. The van der Waals surface area contributed by atoms with E-state index in [9.17, 15) is 0 Å². The molecule has 8 aromatic carbocycles. The molecule has 256 valence electrons. The lowest BCUT2D eigenvalue weighted by molar-refractivity contribution is 0.666. The third kappa shape index (κ3) is 4.47. The maximum atomic E-state index is 6.51. The van der Waals surface area contributed by atoms with E-state index in [4.69, 9.17) is 18.8 Å². The Labute approximate surface area is 315 Å². The number of benzene rings is 8. The van der Waals surface area contributed by atoms with E-state index in [1.165, 1.54) is 27.5 Å². The number of hydrogen-bond acceptors (Lipinski definition) is 5. The van der Waals surface area contributed by atoms with Gasteiger partial charge in [-0.15, -0.1) is 0 Å². The highest BCUT2D eigenvalue weighted by Gasteiger charge is 2.28. The van der Waals surface area contributed by atoms with E-state index >= 15 is 0 Å². The van der Waals surface area contributed by atoms with Crippen LogP contribution in [0.15, 0.2) is 185 Å². The largest absolute Gasteiger partial charge is 0.456 e. The van der Waals surface area contributed by atoms with Crippen LogP contribution in [0, 0.1) is 0 Å². The zero-order valence-corrected chi connectivity index (χ0v) is 29.4. The fourth-order valence-corrected chi connectivity index (χ4v) is 8.53. The standard InChI is InChI=1S/C50H29N3O2/c1-3-12-30(13-4-1)34-26-27-41-46-38(34)18-11-19-39(46)35-24-23-32(28-42(35)53(41)33-14-5-2-6-15-33)50-51-47(49-48(52-50)40-17-8-10-21-44(40)55-49)31-22-25-37-36-16-7-9-20-43(36)54-45(37)29-31/h1-29H. The van der Waals surface area contributed by atoms with E-state index in [0.717, 1.165) is 77.9 Å². The molecule has 11 aromatic rings. The van der Waals surface area contributed by atoms with Crippen LogP contribution in [0.5, 0.6) is 0 Å². The molecule has 0 atom stereocenters. The van der Waals surface area contributed by atoms with E-state index in [1.807, 2.05) is 36.4 Å². The maximum absolute atomic E-state index is 6.51. The first-order chi connectivity index (χ1) is 27.3. The van der Waals surface area contributed by atoms with Crippen LogP contribution in [0.1, 0.15) is 0 Å². The first-order valence-electron chi connectivity index (χ1n) is 18.5. The predicted molar refractivity (Wildman–Crippen MR) is 224 cm³/mol. The lowest BCUT2D eigenvalue weighted by Crippen LogP contribution is -2.15. The Bertz CT molecular complexity index is 3330. The van der Waals surface area contributed by atoms with Crippen molar-refractivity contribution in [3.8, 4) is 44.9 Å². The van der Waals surface area contributed by atoms with Crippen molar-refractivity contribution in [2.45, 2.75) is 0 Å². The average molecular weight is 704 g/mol. The molecule has 3 aromatic heterocycles. The summed E-state index contributed by atoms with van der Waals surface area (Å²) < 4.78 is 12.8. The van der Waals surface area contributed by atoms with E-state index < -0.39 is 0 Å². The van der Waals surface area contributed by atoms with E-state index in [0.29, 0.717) is 11.4 Å². The van der Waals surface area contributed by atoms with E-state index in [-0.39, 0.29) is 0 Å². The number of para-hydroxylation sites is 3. The lowest BCUT2D eigenvalue weighted by atomic mass is 9.87. The number of hydrogen-bond donors (Lipinski definition) is 0. The summed E-state index contributed by atoms with van der Waals surface area (Å²) in [6, 6.07) is 61.6. The molecule has 0 aliphatic carbocycles. The molecule has 5 heteroatoms. The molecular weight excluding hydrogens is 675 g/mol. The average Bonchev–Trinajstić information content (AvgIpc) is 3.82. The van der Waals surface area contributed by atoms with Gasteiger partial charge >= 0.3 is 0 Å². The Balaban J connectivity index is 1.09. The topological polar surface area (TPSA) is 55.3 Å². The normalized spacial score (nSPS) is 12.3. The van der Waals surface area contributed by atoms with Crippen LogP contribution < -0.4 is 4.90 Å². The van der Waals surface area contributed by atoms with Gasteiger partial charge in [-0.05, 0) is 76.7 Å². The van der Waals surface area contributed by atoms with Crippen LogP contribution in [0.2, 0.25) is 0 Å². The number of anilines is 3. The minimum atomic E-state index is 0.623. The molecule has 0 bridgehead atoms. The highest BCUT2D eigenvalue weighted by atomic mass is 16.3. The third-order valence-electron chi connectivity index (χ3n) is 11.0. The molecule has 0 N–H and O–H groups in total. The van der Waals surface area contributed by atoms with Crippen molar-refractivity contribution in [1.29, 1.82) is 0 Å². The highest BCUT2D eigenvalue weighted by Crippen LogP contribution is 2.53. The molecule has 1 aliphatic heterocycles. The van der Waals surface area contributed by atoms with E-state index in [1.54, 1.807) is 0 Å². The van der Waals surface area contributed by atoms with Gasteiger partial charge in [0.05, 0.1) is 11.4 Å². The molecule has 0 saturated carbocycles. The first-order valence-corrected chi connectivity index (χ1v) is 18.5. The van der Waals surface area contributed by atoms with Crippen LogP contribution >= 0.6 is 0 Å². The second-order valence-electron chi connectivity index (χ2n) is 14.1. The summed E-state index contributed by atoms with van der Waals surface area (Å²) in [5, 5.41) is 5.57. The van der Waals surface area contributed by atoms with Crippen LogP contribution in [0.4, 0.5) is 17.1 Å². The summed E-state index contributed by atoms with van der Waals surface area (Å²) in [6.07, 6.45) is 0. The smallest absolute Gasteiger partial charge is 0.180 e. The molecule has 12 rings (SSSR count). The summed E-state index contributed by atoms with van der Waals surface area (Å²) in [6.45, 7) is 0. The summed E-state index contributed by atoms with van der Waals surface area (Å²) in [5.41, 5.74) is 14.5. The Hall–Kier alpha value is -7.50. The highest BCUT2D eigenvalue weighted by molar-refractivity contribution is 6.18. The van der Waals surface area contributed by atoms with Gasteiger partial charge in [-0.3, -0.25) is 0 Å². The quantitative estimate of drug-likeness (QED) is 0.183. The summed E-state index contributed by atoms with van der Waals surface area (Å²) >= 11 is 0. The van der Waals surface area contributed by atoms with Gasteiger partial charge in [-0.1, -0.05) is 121 Å². The molecule has 0 amide bonds. The number of rotatable bonds is 4. The van der Waals surface area contributed by atoms with Crippen molar-refractivity contribution in [2.75, 3.05) is 4.90 Å². The molecule has 55 heavy (non-hydrogen) atoms. The Kier molecular flexibility index (Phi) is 6.27. The maximum Gasteiger partial charge on any atom is 0.180 e. The molecule has 4 heterocycles. The molecular formula is C50H29N3O2. The van der Waals surface area contributed by atoms with Crippen molar-refractivity contribution < 1.29 is 8.83 Å². The lowest BCUT2D eigenvalue weighted by Gasteiger charge is -2.34. The summed E-state index contributed by atoms with van der Waals surface area (Å²) in [5.74, 6) is 0.623. The number of nitrogens with zero attached hydrogens (tertiary/aromatic N) is 3. The molecule has 0 unspecified atom stereocenters. The van der Waals surface area contributed by atoms with Crippen molar-refractivity contribution in [3.05, 3.63) is 176 Å². The van der Waals surface area contributed by atoms with Crippen molar-refractivity contribution in [3.63, 3.8) is 0 Å². The van der Waals surface area contributed by atoms with Crippen LogP contribution in [-0.4, -0.2) is 9.97 Å². The molecule has 0 saturated heterocycles. The number of aromatic nitrogens is 2. The van der Waals surface area contributed by atoms with Gasteiger partial charge in [0.25, 0.3) is 0 Å². The molecule has 0 spiro atoms. The van der Waals surface area contributed by atoms with Gasteiger partial charge < -0.3 is 13.7 Å². The summed E-state index contributed by atoms with van der Waals surface area (Å²) in [4.78, 5) is 12.9. The van der Waals surface area contributed by atoms with Gasteiger partial charge in [0.1, 0.15) is 28.0 Å². The van der Waals surface area contributed by atoms with Crippen LogP contribution in [0.3, 0.4) is 0 Å². The number of furan rings is 2. The first kappa shape index (κ1) is 30.0. The van der Waals surface area contributed by atoms with Crippen LogP contribution in [0.25, 0.3) is 99.7 Å². The second kappa shape index (κ2) is 11.5. The number of fused-ring (bicyclic) bond motifs is 8. The second-order valence-corrected chi connectivity index (χ2v) is 14.1. The fourth-order valence-electron chi connectivity index (χ4n) is 8.53. The molecule has 0 radical (unpaired) electrons. The fraction of sp³-hybridized carbons (Fsp3) is 0. The van der Waals surface area contributed by atoms with Crippen molar-refractivity contribution >= 4 is 71.8 Å². The Morgan fingerprint density at radius 1 is 0.400 bits per heavy atom. The van der Waals surface area contributed by atoms with Gasteiger partial charge in [0, 0.05) is 43.9 Å². The predicted octanol–water partition coefficient (Wildman–Crippen LogP) is 13.9. The monoisotopic (exact) mass is 703 g/mol. The zero-order chi connectivity index (χ0) is 36.0. The van der Waals surface area contributed by atoms with Crippen molar-refractivity contribution in [2.24, 2.45) is 0 Å². The Morgan fingerprint density at radius 2 is 1.09 bits per heavy atom. The van der Waals surface area contributed by atoms with Gasteiger partial charge in [0.2, 0.25) is 0 Å². The third-order valence-corrected chi connectivity index (χ3v) is 11.0. The SMILES string of the molecule is c1ccc(-c2ccc3c4c(cccc24)-c2ccc(-c4nc(-c5ccc6c(c5)oc5ccccc56)c5oc6ccccc6c5n4)cc2N3c2ccccc2)cc1. The van der Waals surface area contributed by atoms with E-state index in [2.05, 4.69) is 144 Å². The molecule has 1 aliphatic rings. The minimum absolute atomic E-state index is 0.623. The Morgan fingerprint density at radius 3 is 1.95 bits per heavy atom. The zero-order valence-electron chi connectivity index (χ0n) is 29.4. The van der Waals surface area contributed by atoms with Gasteiger partial charge in [-0.25, -0.2) is 9.97 Å². The molecule has 5 nitrogen and oxygen atoms in total. The van der Waals surface area contributed by atoms with Gasteiger partial charge in [0.15, 0.2) is 11.4 Å². The van der Waals surface area contributed by atoms with Crippen molar-refractivity contribution in [1.82, 2.24) is 9.97 Å². The summed E-state index contributed by atoms with van der Waals surface area (Å²) in [7, 11) is 0. The van der Waals surface area contributed by atoms with Gasteiger partial charge in [-0.2, -0.15) is 0 Å².